The topological polar surface area (TPSA) is 55.1 Å². The van der Waals surface area contributed by atoms with Crippen LogP contribution >= 0.6 is 22.7 Å². The monoisotopic (exact) mass is 352 g/mol. The van der Waals surface area contributed by atoms with Crippen LogP contribution in [-0.4, -0.2) is 11.1 Å². The van der Waals surface area contributed by atoms with Crippen LogP contribution in [0, 0.1) is 0 Å². The molecule has 0 saturated heterocycles. The first-order chi connectivity index (χ1) is 11.8. The van der Waals surface area contributed by atoms with Crippen molar-refractivity contribution >= 4 is 34.3 Å². The second-order valence-corrected chi connectivity index (χ2v) is 6.83. The minimum atomic E-state index is -0.288. The van der Waals surface area contributed by atoms with E-state index in [0.717, 1.165) is 21.7 Å². The summed E-state index contributed by atoms with van der Waals surface area (Å²) in [6.07, 6.45) is 0. The lowest BCUT2D eigenvalue weighted by Gasteiger charge is -2.05. The van der Waals surface area contributed by atoms with E-state index in [9.17, 15) is 4.79 Å². The first-order valence-corrected chi connectivity index (χ1v) is 9.06. The van der Waals surface area contributed by atoms with Gasteiger partial charge in [-0.15, -0.1) is 11.3 Å². The average molecular weight is 352 g/mol. The molecule has 6 heteroatoms. The fraction of sp³-hybridized carbons (Fsp3) is 0. The number of hydrogen-bond acceptors (Lipinski definition) is 5. The molecule has 0 fully saturated rings. The summed E-state index contributed by atoms with van der Waals surface area (Å²) in [4.78, 5) is 13.3. The fourth-order valence-corrected chi connectivity index (χ4v) is 3.66. The minimum absolute atomic E-state index is 0.263. The molecule has 1 N–H and O–H groups in total. The second-order valence-electron chi connectivity index (χ2n) is 5.10. The molecular formula is C18H12N2O2S2. The second kappa shape index (κ2) is 6.43. The van der Waals surface area contributed by atoms with Gasteiger partial charge in [0.15, 0.2) is 11.5 Å². The van der Waals surface area contributed by atoms with Crippen molar-refractivity contribution in [2.24, 2.45) is 0 Å². The molecule has 3 heterocycles. The van der Waals surface area contributed by atoms with E-state index in [-0.39, 0.29) is 11.6 Å². The molecule has 4 rings (SSSR count). The zero-order valence-corrected chi connectivity index (χ0v) is 14.1. The van der Waals surface area contributed by atoms with Gasteiger partial charge in [0.2, 0.25) is 0 Å². The maximum atomic E-state index is 12.4. The van der Waals surface area contributed by atoms with Gasteiger partial charge in [0.1, 0.15) is 0 Å². The van der Waals surface area contributed by atoms with E-state index < -0.39 is 0 Å². The third kappa shape index (κ3) is 3.02. The van der Waals surface area contributed by atoms with Gasteiger partial charge in [-0.25, -0.2) is 0 Å². The molecule has 0 bridgehead atoms. The molecule has 1 amide bonds. The molecule has 0 spiro atoms. The molecular weight excluding hydrogens is 340 g/mol. The number of nitrogens with one attached hydrogen (secondary N) is 1. The van der Waals surface area contributed by atoms with Crippen molar-refractivity contribution < 1.29 is 9.32 Å². The molecule has 0 aliphatic carbocycles. The molecule has 24 heavy (non-hydrogen) atoms. The molecule has 0 saturated carbocycles. The molecule has 3 aromatic heterocycles. The molecule has 0 aliphatic heterocycles. The molecule has 0 aliphatic rings. The van der Waals surface area contributed by atoms with Crippen molar-refractivity contribution in [2.75, 3.05) is 5.32 Å². The van der Waals surface area contributed by atoms with Crippen LogP contribution in [-0.2, 0) is 0 Å². The van der Waals surface area contributed by atoms with Crippen molar-refractivity contribution in [1.82, 2.24) is 5.16 Å². The third-order valence-corrected chi connectivity index (χ3v) is 5.05. The lowest BCUT2D eigenvalue weighted by molar-refractivity contribution is 0.101. The Bertz CT molecular complexity index is 957. The van der Waals surface area contributed by atoms with Crippen LogP contribution in [0.1, 0.15) is 10.5 Å². The number of hydrogen-bond donors (Lipinski definition) is 1. The van der Waals surface area contributed by atoms with E-state index in [1.165, 1.54) is 0 Å². The lowest BCUT2D eigenvalue weighted by Crippen LogP contribution is -2.12. The molecule has 1 aromatic carbocycles. The third-order valence-electron chi connectivity index (χ3n) is 3.48. The van der Waals surface area contributed by atoms with Crippen molar-refractivity contribution in [2.45, 2.75) is 0 Å². The number of rotatable bonds is 4. The van der Waals surface area contributed by atoms with E-state index in [1.807, 2.05) is 47.2 Å². The van der Waals surface area contributed by atoms with Crippen molar-refractivity contribution in [1.29, 1.82) is 0 Å². The minimum Gasteiger partial charge on any atom is -0.355 e. The number of anilines is 1. The molecule has 0 radical (unpaired) electrons. The van der Waals surface area contributed by atoms with Crippen LogP contribution in [0.15, 0.2) is 69.2 Å². The highest BCUT2D eigenvalue weighted by molar-refractivity contribution is 7.13. The van der Waals surface area contributed by atoms with Gasteiger partial charge in [0.25, 0.3) is 5.91 Å². The average Bonchev–Trinajstić information content (AvgIpc) is 3.36. The SMILES string of the molecule is O=C(Nc1cccc(-c2ccsc2)c1)c1cc(-c2cccs2)on1. The van der Waals surface area contributed by atoms with Crippen molar-refractivity contribution in [3.8, 4) is 21.8 Å². The highest BCUT2D eigenvalue weighted by Crippen LogP contribution is 2.27. The van der Waals surface area contributed by atoms with Crippen LogP contribution < -0.4 is 5.32 Å². The Balaban J connectivity index is 1.53. The Hall–Kier alpha value is -2.70. The van der Waals surface area contributed by atoms with E-state index >= 15 is 0 Å². The van der Waals surface area contributed by atoms with E-state index in [0.29, 0.717) is 5.76 Å². The number of amides is 1. The van der Waals surface area contributed by atoms with Crippen molar-refractivity contribution in [3.63, 3.8) is 0 Å². The normalized spacial score (nSPS) is 10.7. The smallest absolute Gasteiger partial charge is 0.277 e. The van der Waals surface area contributed by atoms with E-state index in [1.54, 1.807) is 28.7 Å². The maximum Gasteiger partial charge on any atom is 0.277 e. The van der Waals surface area contributed by atoms with Gasteiger partial charge in [0, 0.05) is 11.8 Å². The Morgan fingerprint density at radius 2 is 2.00 bits per heavy atom. The lowest BCUT2D eigenvalue weighted by atomic mass is 10.1. The van der Waals surface area contributed by atoms with Crippen molar-refractivity contribution in [3.05, 3.63) is 70.4 Å². The standard InChI is InChI=1S/C18H12N2O2S2/c21-18(15-10-16(22-20-15)17-5-2-7-24-17)19-14-4-1-3-12(9-14)13-6-8-23-11-13/h1-11H,(H,19,21). The summed E-state index contributed by atoms with van der Waals surface area (Å²) in [5.74, 6) is 0.311. The van der Waals surface area contributed by atoms with Gasteiger partial charge in [0.05, 0.1) is 4.88 Å². The largest absolute Gasteiger partial charge is 0.355 e. The molecule has 4 aromatic rings. The summed E-state index contributed by atoms with van der Waals surface area (Å²) < 4.78 is 5.25. The Morgan fingerprint density at radius 3 is 2.79 bits per heavy atom. The fourth-order valence-electron chi connectivity index (χ4n) is 2.32. The molecule has 4 nitrogen and oxygen atoms in total. The van der Waals surface area contributed by atoms with Gasteiger partial charge in [-0.1, -0.05) is 23.4 Å². The summed E-state index contributed by atoms with van der Waals surface area (Å²) >= 11 is 3.18. The number of aromatic nitrogens is 1. The van der Waals surface area contributed by atoms with Gasteiger partial charge in [-0.2, -0.15) is 11.3 Å². The zero-order chi connectivity index (χ0) is 16.4. The van der Waals surface area contributed by atoms with Crippen LogP contribution in [0.25, 0.3) is 21.8 Å². The molecule has 0 atom stereocenters. The van der Waals surface area contributed by atoms with Crippen LogP contribution in [0.3, 0.4) is 0 Å². The summed E-state index contributed by atoms with van der Waals surface area (Å²) in [5, 5.41) is 12.8. The first-order valence-electron chi connectivity index (χ1n) is 7.24. The van der Waals surface area contributed by atoms with Gasteiger partial charge >= 0.3 is 0 Å². The summed E-state index contributed by atoms with van der Waals surface area (Å²) in [5.41, 5.74) is 3.19. The number of carbonyl (C=O) groups is 1. The number of thiophene rings is 2. The zero-order valence-electron chi connectivity index (χ0n) is 12.4. The Labute approximate surface area is 146 Å². The summed E-state index contributed by atoms with van der Waals surface area (Å²) in [6.45, 7) is 0. The first kappa shape index (κ1) is 14.9. The summed E-state index contributed by atoms with van der Waals surface area (Å²) in [6, 6.07) is 15.3. The van der Waals surface area contributed by atoms with Crippen LogP contribution in [0.2, 0.25) is 0 Å². The van der Waals surface area contributed by atoms with Gasteiger partial charge in [-0.05, 0) is 51.5 Å². The number of carbonyl (C=O) groups excluding carboxylic acids is 1. The maximum absolute atomic E-state index is 12.4. The van der Waals surface area contributed by atoms with Crippen LogP contribution in [0.4, 0.5) is 5.69 Å². The predicted molar refractivity (Wildman–Crippen MR) is 97.5 cm³/mol. The summed E-state index contributed by atoms with van der Waals surface area (Å²) in [7, 11) is 0. The van der Waals surface area contributed by atoms with E-state index in [4.69, 9.17) is 4.52 Å². The number of nitrogens with zero attached hydrogens (tertiary/aromatic N) is 1. The highest BCUT2D eigenvalue weighted by Gasteiger charge is 2.14. The van der Waals surface area contributed by atoms with E-state index in [2.05, 4.69) is 21.9 Å². The van der Waals surface area contributed by atoms with Gasteiger partial charge in [-0.3, -0.25) is 4.79 Å². The molecule has 118 valence electrons. The quantitative estimate of drug-likeness (QED) is 0.536. The Kier molecular flexibility index (Phi) is 3.98. The number of benzene rings is 1. The predicted octanol–water partition coefficient (Wildman–Crippen LogP) is 5.38. The van der Waals surface area contributed by atoms with Gasteiger partial charge < -0.3 is 9.84 Å². The Morgan fingerprint density at radius 1 is 1.04 bits per heavy atom. The van der Waals surface area contributed by atoms with Crippen LogP contribution in [0.5, 0.6) is 0 Å². The highest BCUT2D eigenvalue weighted by atomic mass is 32.1. The molecule has 0 unspecified atom stereocenters.